The normalized spacial score (nSPS) is 18.8. The summed E-state index contributed by atoms with van der Waals surface area (Å²) in [5, 5.41) is 1.49. The van der Waals surface area contributed by atoms with Crippen LogP contribution >= 0.6 is 23.2 Å². The molecule has 0 aromatic heterocycles. The highest BCUT2D eigenvalue weighted by Gasteiger charge is 2.34. The van der Waals surface area contributed by atoms with Crippen molar-refractivity contribution in [3.8, 4) is 0 Å². The summed E-state index contributed by atoms with van der Waals surface area (Å²) in [4.78, 5) is 20.1. The van der Waals surface area contributed by atoms with Crippen molar-refractivity contribution in [3.63, 3.8) is 0 Å². The molecular formula is C28H29Cl2N3O. The highest BCUT2D eigenvalue weighted by molar-refractivity contribution is 6.31. The number of hydrogen-bond donors (Lipinski definition) is 0. The van der Waals surface area contributed by atoms with Crippen LogP contribution in [0.1, 0.15) is 29.2 Å². The zero-order chi connectivity index (χ0) is 23.5. The van der Waals surface area contributed by atoms with Crippen LogP contribution in [0.2, 0.25) is 10.0 Å². The summed E-state index contributed by atoms with van der Waals surface area (Å²) in [6.45, 7) is 5.69. The predicted molar refractivity (Wildman–Crippen MR) is 140 cm³/mol. The fourth-order valence-electron chi connectivity index (χ4n) is 5.19. The first kappa shape index (κ1) is 23.2. The Morgan fingerprint density at radius 3 is 2.29 bits per heavy atom. The molecule has 0 bridgehead atoms. The maximum atomic E-state index is 13.2. The van der Waals surface area contributed by atoms with Gasteiger partial charge in [-0.05, 0) is 53.9 Å². The standard InChI is InChI=1S/C28H29Cl2N3O/c29-22-8-5-9-23(20-22)32-17-15-31(16-18-32)13-6-14-33-27(34)19-21-7-1-2-10-24(21)28(33)25-11-3-4-12-26(25)30/h1-5,7-12,20,28H,6,13-19H2. The number of fused-ring (bicyclic) bond motifs is 1. The molecule has 0 spiro atoms. The van der Waals surface area contributed by atoms with Gasteiger partial charge in [-0.2, -0.15) is 0 Å². The molecule has 2 aliphatic rings. The molecule has 1 fully saturated rings. The molecular weight excluding hydrogens is 465 g/mol. The molecule has 0 saturated carbocycles. The van der Waals surface area contributed by atoms with E-state index in [1.807, 2.05) is 53.4 Å². The molecule has 1 atom stereocenters. The van der Waals surface area contributed by atoms with Crippen LogP contribution < -0.4 is 4.90 Å². The zero-order valence-electron chi connectivity index (χ0n) is 19.2. The quantitative estimate of drug-likeness (QED) is 0.441. The van der Waals surface area contributed by atoms with Crippen LogP contribution in [0, 0.1) is 0 Å². The van der Waals surface area contributed by atoms with E-state index in [-0.39, 0.29) is 11.9 Å². The fourth-order valence-corrected chi connectivity index (χ4v) is 5.62. The van der Waals surface area contributed by atoms with Gasteiger partial charge in [-0.1, -0.05) is 71.7 Å². The smallest absolute Gasteiger partial charge is 0.227 e. The number of nitrogens with zero attached hydrogens (tertiary/aromatic N) is 3. The van der Waals surface area contributed by atoms with E-state index in [9.17, 15) is 4.79 Å². The van der Waals surface area contributed by atoms with Crippen LogP contribution in [0.25, 0.3) is 0 Å². The van der Waals surface area contributed by atoms with E-state index in [2.05, 4.69) is 34.1 Å². The molecule has 176 valence electrons. The van der Waals surface area contributed by atoms with E-state index in [1.54, 1.807) is 0 Å². The summed E-state index contributed by atoms with van der Waals surface area (Å²) in [5.74, 6) is 0.175. The topological polar surface area (TPSA) is 26.8 Å². The van der Waals surface area contributed by atoms with Crippen molar-refractivity contribution >= 4 is 34.8 Å². The van der Waals surface area contributed by atoms with Gasteiger partial charge in [0.25, 0.3) is 0 Å². The van der Waals surface area contributed by atoms with Crippen molar-refractivity contribution in [1.82, 2.24) is 9.80 Å². The summed E-state index contributed by atoms with van der Waals surface area (Å²) >= 11 is 12.8. The van der Waals surface area contributed by atoms with Gasteiger partial charge >= 0.3 is 0 Å². The molecule has 0 radical (unpaired) electrons. The van der Waals surface area contributed by atoms with Gasteiger partial charge in [0.15, 0.2) is 0 Å². The van der Waals surface area contributed by atoms with Gasteiger partial charge in [-0.25, -0.2) is 0 Å². The Morgan fingerprint density at radius 2 is 1.53 bits per heavy atom. The summed E-state index contributed by atoms with van der Waals surface area (Å²) in [5.41, 5.74) is 4.48. The first-order valence-corrected chi connectivity index (χ1v) is 12.7. The van der Waals surface area contributed by atoms with E-state index in [0.717, 1.165) is 61.8 Å². The van der Waals surface area contributed by atoms with E-state index in [4.69, 9.17) is 23.2 Å². The van der Waals surface area contributed by atoms with Crippen molar-refractivity contribution in [2.75, 3.05) is 44.2 Å². The molecule has 1 amide bonds. The first-order valence-electron chi connectivity index (χ1n) is 11.9. The maximum Gasteiger partial charge on any atom is 0.227 e. The first-order chi connectivity index (χ1) is 16.6. The van der Waals surface area contributed by atoms with Crippen LogP contribution in [0.4, 0.5) is 5.69 Å². The molecule has 2 heterocycles. The van der Waals surface area contributed by atoms with E-state index in [0.29, 0.717) is 11.4 Å². The molecule has 0 N–H and O–H groups in total. The maximum absolute atomic E-state index is 13.2. The number of benzene rings is 3. The van der Waals surface area contributed by atoms with E-state index < -0.39 is 0 Å². The Bertz CT molecular complexity index is 1160. The Morgan fingerprint density at radius 1 is 0.794 bits per heavy atom. The summed E-state index contributed by atoms with van der Waals surface area (Å²) in [6.07, 6.45) is 1.39. The minimum absolute atomic E-state index is 0.133. The highest BCUT2D eigenvalue weighted by atomic mass is 35.5. The van der Waals surface area contributed by atoms with Crippen LogP contribution in [0.15, 0.2) is 72.8 Å². The average molecular weight is 494 g/mol. The van der Waals surface area contributed by atoms with Gasteiger partial charge in [-0.15, -0.1) is 0 Å². The fraction of sp³-hybridized carbons (Fsp3) is 0.321. The van der Waals surface area contributed by atoms with Gasteiger partial charge in [-0.3, -0.25) is 9.69 Å². The molecule has 0 aliphatic carbocycles. The lowest BCUT2D eigenvalue weighted by atomic mass is 9.87. The number of anilines is 1. The van der Waals surface area contributed by atoms with Crippen LogP contribution in [-0.4, -0.2) is 55.0 Å². The average Bonchev–Trinajstić information content (AvgIpc) is 2.85. The number of amides is 1. The van der Waals surface area contributed by atoms with Gasteiger partial charge in [0.2, 0.25) is 5.91 Å². The number of carbonyl (C=O) groups excluding carboxylic acids is 1. The van der Waals surface area contributed by atoms with Crippen LogP contribution in [-0.2, 0) is 11.2 Å². The van der Waals surface area contributed by atoms with Gasteiger partial charge in [0.1, 0.15) is 0 Å². The zero-order valence-corrected chi connectivity index (χ0v) is 20.7. The molecule has 6 heteroatoms. The molecule has 3 aromatic rings. The summed E-state index contributed by atoms with van der Waals surface area (Å²) < 4.78 is 0. The van der Waals surface area contributed by atoms with Crippen molar-refractivity contribution in [2.24, 2.45) is 0 Å². The molecule has 1 unspecified atom stereocenters. The lowest BCUT2D eigenvalue weighted by Gasteiger charge is -2.39. The highest BCUT2D eigenvalue weighted by Crippen LogP contribution is 2.38. The lowest BCUT2D eigenvalue weighted by molar-refractivity contribution is -0.133. The summed E-state index contributed by atoms with van der Waals surface area (Å²) in [6, 6.07) is 24.1. The second-order valence-electron chi connectivity index (χ2n) is 9.05. The SMILES string of the molecule is O=C1Cc2ccccc2C(c2ccccc2Cl)N1CCCN1CCN(c2cccc(Cl)c2)CC1. The number of piperazine rings is 1. The predicted octanol–water partition coefficient (Wildman–Crippen LogP) is 5.68. The molecule has 3 aromatic carbocycles. The van der Waals surface area contributed by atoms with Crippen molar-refractivity contribution in [2.45, 2.75) is 18.9 Å². The minimum Gasteiger partial charge on any atom is -0.369 e. The molecule has 5 rings (SSSR count). The van der Waals surface area contributed by atoms with Crippen molar-refractivity contribution in [3.05, 3.63) is 99.5 Å². The number of hydrogen-bond acceptors (Lipinski definition) is 3. The third kappa shape index (κ3) is 4.95. The Hall–Kier alpha value is -2.53. The van der Waals surface area contributed by atoms with Gasteiger partial charge in [0, 0.05) is 48.5 Å². The van der Waals surface area contributed by atoms with E-state index in [1.165, 1.54) is 11.3 Å². The van der Waals surface area contributed by atoms with Crippen molar-refractivity contribution < 1.29 is 4.79 Å². The summed E-state index contributed by atoms with van der Waals surface area (Å²) in [7, 11) is 0. The second kappa shape index (κ2) is 10.4. The molecule has 1 saturated heterocycles. The molecule has 4 nitrogen and oxygen atoms in total. The Balaban J connectivity index is 1.24. The Labute approximate surface area is 211 Å². The third-order valence-electron chi connectivity index (χ3n) is 6.94. The minimum atomic E-state index is -0.133. The largest absolute Gasteiger partial charge is 0.369 e. The van der Waals surface area contributed by atoms with Crippen molar-refractivity contribution in [1.29, 1.82) is 0 Å². The number of carbonyl (C=O) groups is 1. The lowest BCUT2D eigenvalue weighted by Crippen LogP contribution is -2.47. The molecule has 2 aliphatic heterocycles. The molecule has 34 heavy (non-hydrogen) atoms. The monoisotopic (exact) mass is 493 g/mol. The number of halogens is 2. The Kier molecular flexibility index (Phi) is 7.10. The number of rotatable bonds is 6. The van der Waals surface area contributed by atoms with Crippen LogP contribution in [0.5, 0.6) is 0 Å². The van der Waals surface area contributed by atoms with Gasteiger partial charge < -0.3 is 9.80 Å². The van der Waals surface area contributed by atoms with Gasteiger partial charge in [0.05, 0.1) is 12.5 Å². The van der Waals surface area contributed by atoms with E-state index >= 15 is 0 Å². The second-order valence-corrected chi connectivity index (χ2v) is 9.89. The third-order valence-corrected chi connectivity index (χ3v) is 7.52. The van der Waals surface area contributed by atoms with Crippen LogP contribution in [0.3, 0.4) is 0 Å².